The van der Waals surface area contributed by atoms with Crippen LogP contribution in [0.1, 0.15) is 13.3 Å². The van der Waals surface area contributed by atoms with E-state index in [1.54, 1.807) is 0 Å². The molecule has 0 aliphatic carbocycles. The maximum atomic E-state index is 9.89. The lowest BCUT2D eigenvalue weighted by Gasteiger charge is -2.11. The summed E-state index contributed by atoms with van der Waals surface area (Å²) in [5.74, 6) is 0. The van der Waals surface area contributed by atoms with Gasteiger partial charge in [0.1, 0.15) is 24.9 Å². The highest BCUT2D eigenvalue weighted by atomic mass is 16.5. The summed E-state index contributed by atoms with van der Waals surface area (Å²) in [4.78, 5) is 9.89. The van der Waals surface area contributed by atoms with Crippen molar-refractivity contribution in [2.45, 2.75) is 37.8 Å². The zero-order chi connectivity index (χ0) is 9.14. The zero-order valence-electron chi connectivity index (χ0n) is 6.88. The van der Waals surface area contributed by atoms with E-state index in [0.717, 1.165) is 0 Å². The largest absolute Gasteiger partial charge is 0.388 e. The van der Waals surface area contributed by atoms with Gasteiger partial charge in [0.15, 0.2) is 0 Å². The van der Waals surface area contributed by atoms with Gasteiger partial charge in [-0.25, -0.2) is 0 Å². The van der Waals surface area contributed by atoms with Gasteiger partial charge < -0.3 is 14.9 Å². The van der Waals surface area contributed by atoms with Crippen LogP contribution in [0.4, 0.5) is 0 Å². The Labute approximate surface area is 70.3 Å². The molecule has 12 heavy (non-hydrogen) atoms. The molecule has 70 valence electrons. The first-order valence-electron chi connectivity index (χ1n) is 4.01. The van der Waals surface area contributed by atoms with Gasteiger partial charge in [-0.2, -0.15) is 4.91 Å². The summed E-state index contributed by atoms with van der Waals surface area (Å²) in [5, 5.41) is 21.3. The van der Waals surface area contributed by atoms with Crippen molar-refractivity contribution in [3.05, 3.63) is 4.91 Å². The molecule has 0 spiro atoms. The number of aliphatic hydroxyl groups excluding tert-OH is 2. The van der Waals surface area contributed by atoms with Crippen molar-refractivity contribution in [3.63, 3.8) is 0 Å². The first-order chi connectivity index (χ1) is 5.70. The molecule has 0 saturated carbocycles. The molecule has 0 radical (unpaired) electrons. The van der Waals surface area contributed by atoms with Crippen molar-refractivity contribution < 1.29 is 14.9 Å². The Balaban J connectivity index is 2.53. The van der Waals surface area contributed by atoms with Gasteiger partial charge >= 0.3 is 0 Å². The smallest absolute Gasteiger partial charge is 0.110 e. The van der Waals surface area contributed by atoms with E-state index in [4.69, 9.17) is 4.74 Å². The van der Waals surface area contributed by atoms with Gasteiger partial charge in [-0.3, -0.25) is 0 Å². The molecule has 0 aromatic carbocycles. The van der Waals surface area contributed by atoms with Gasteiger partial charge in [-0.15, -0.1) is 0 Å². The van der Waals surface area contributed by atoms with Crippen molar-refractivity contribution >= 4 is 0 Å². The fourth-order valence-electron chi connectivity index (χ4n) is 1.39. The van der Waals surface area contributed by atoms with Crippen molar-refractivity contribution in [1.29, 1.82) is 0 Å². The number of aliphatic hydroxyl groups is 2. The molecule has 2 N–H and O–H groups in total. The highest BCUT2D eigenvalue weighted by molar-refractivity contribution is 4.90. The van der Waals surface area contributed by atoms with Crippen molar-refractivity contribution in [2.75, 3.05) is 6.54 Å². The average Bonchev–Trinajstić information content (AvgIpc) is 2.33. The number of nitroso groups, excluding NO2 is 1. The minimum Gasteiger partial charge on any atom is -0.388 e. The first kappa shape index (κ1) is 9.57. The monoisotopic (exact) mass is 175 g/mol. The van der Waals surface area contributed by atoms with Crippen LogP contribution in [0.25, 0.3) is 0 Å². The molecule has 0 bridgehead atoms. The molecule has 5 nitrogen and oxygen atoms in total. The molecule has 0 aromatic rings. The number of rotatable bonds is 3. The fraction of sp³-hybridized carbons (Fsp3) is 1.00. The molecular weight excluding hydrogens is 162 g/mol. The van der Waals surface area contributed by atoms with Crippen molar-refractivity contribution in [1.82, 2.24) is 0 Å². The molecule has 1 fully saturated rings. The molecule has 1 aliphatic rings. The van der Waals surface area contributed by atoms with E-state index in [2.05, 4.69) is 5.18 Å². The van der Waals surface area contributed by atoms with Gasteiger partial charge in [0.25, 0.3) is 0 Å². The lowest BCUT2D eigenvalue weighted by Crippen LogP contribution is -2.33. The quantitative estimate of drug-likeness (QED) is 0.575. The SMILES string of the molecule is CC[C@@H]1O[C@H](CN=O)[C@@H](O)[C@H]1O. The van der Waals surface area contributed by atoms with Crippen LogP contribution in [-0.2, 0) is 4.74 Å². The highest BCUT2D eigenvalue weighted by Crippen LogP contribution is 2.23. The Kier molecular flexibility index (Phi) is 3.13. The summed E-state index contributed by atoms with van der Waals surface area (Å²) in [6, 6.07) is 0. The third-order valence-electron chi connectivity index (χ3n) is 2.12. The Morgan fingerprint density at radius 1 is 1.33 bits per heavy atom. The predicted octanol–water partition coefficient (Wildman–Crippen LogP) is -0.348. The number of ether oxygens (including phenoxy) is 1. The van der Waals surface area contributed by atoms with Crippen LogP contribution in [0.5, 0.6) is 0 Å². The minimum atomic E-state index is -0.979. The summed E-state index contributed by atoms with van der Waals surface area (Å²) in [5.41, 5.74) is 0. The number of nitrogens with zero attached hydrogens (tertiary/aromatic N) is 1. The summed E-state index contributed by atoms with van der Waals surface area (Å²) in [7, 11) is 0. The maximum absolute atomic E-state index is 9.89. The standard InChI is InChI=1S/C7H13NO4/c1-2-4-6(9)7(10)5(12-4)3-8-11/h4-7,9-10H,2-3H2,1H3/t4-,5+,6-,7+/m0/s1. The third-order valence-corrected chi connectivity index (χ3v) is 2.12. The Bertz CT molecular complexity index is 163. The Morgan fingerprint density at radius 3 is 2.33 bits per heavy atom. The molecule has 1 heterocycles. The zero-order valence-corrected chi connectivity index (χ0v) is 6.88. The summed E-state index contributed by atoms with van der Waals surface area (Å²) in [6.07, 6.45) is -2.25. The molecule has 1 rings (SSSR count). The van der Waals surface area contributed by atoms with E-state index in [0.29, 0.717) is 6.42 Å². The molecule has 0 aromatic heterocycles. The predicted molar refractivity (Wildman–Crippen MR) is 41.6 cm³/mol. The van der Waals surface area contributed by atoms with Crippen LogP contribution in [0.2, 0.25) is 0 Å². The maximum Gasteiger partial charge on any atom is 0.110 e. The van der Waals surface area contributed by atoms with Crippen LogP contribution in [-0.4, -0.2) is 41.2 Å². The van der Waals surface area contributed by atoms with Crippen LogP contribution >= 0.6 is 0 Å². The van der Waals surface area contributed by atoms with E-state index in [1.807, 2.05) is 6.92 Å². The molecule has 0 amide bonds. The van der Waals surface area contributed by atoms with E-state index >= 15 is 0 Å². The van der Waals surface area contributed by atoms with E-state index < -0.39 is 18.3 Å². The van der Waals surface area contributed by atoms with Crippen molar-refractivity contribution in [3.8, 4) is 0 Å². The van der Waals surface area contributed by atoms with Gasteiger partial charge in [-0.1, -0.05) is 12.1 Å². The lowest BCUT2D eigenvalue weighted by molar-refractivity contribution is 0.0110. The summed E-state index contributed by atoms with van der Waals surface area (Å²) < 4.78 is 5.18. The third kappa shape index (κ3) is 1.63. The van der Waals surface area contributed by atoms with Gasteiger partial charge in [0.2, 0.25) is 0 Å². The molecule has 1 aliphatic heterocycles. The van der Waals surface area contributed by atoms with Gasteiger partial charge in [0.05, 0.1) is 6.10 Å². The highest BCUT2D eigenvalue weighted by Gasteiger charge is 2.41. The second kappa shape index (κ2) is 3.93. The van der Waals surface area contributed by atoms with E-state index in [9.17, 15) is 15.1 Å². The molecule has 1 saturated heterocycles. The van der Waals surface area contributed by atoms with Crippen LogP contribution < -0.4 is 0 Å². The van der Waals surface area contributed by atoms with E-state index in [-0.39, 0.29) is 12.6 Å². The van der Waals surface area contributed by atoms with E-state index in [1.165, 1.54) is 0 Å². The number of hydrogen-bond acceptors (Lipinski definition) is 5. The number of hydrogen-bond donors (Lipinski definition) is 2. The Hall–Kier alpha value is -0.520. The first-order valence-corrected chi connectivity index (χ1v) is 4.01. The normalized spacial score (nSPS) is 41.6. The molecule has 5 heteroatoms. The Morgan fingerprint density at radius 2 is 1.92 bits per heavy atom. The van der Waals surface area contributed by atoms with Crippen LogP contribution in [0.15, 0.2) is 5.18 Å². The van der Waals surface area contributed by atoms with Gasteiger partial charge in [-0.05, 0) is 6.42 Å². The lowest BCUT2D eigenvalue weighted by atomic mass is 10.1. The van der Waals surface area contributed by atoms with Crippen LogP contribution in [0.3, 0.4) is 0 Å². The second-order valence-electron chi connectivity index (χ2n) is 2.91. The van der Waals surface area contributed by atoms with Crippen LogP contribution in [0, 0.1) is 4.91 Å². The summed E-state index contributed by atoms with van der Waals surface area (Å²) in [6.45, 7) is 1.74. The molecule has 0 unspecified atom stereocenters. The fourth-order valence-corrected chi connectivity index (χ4v) is 1.39. The summed E-state index contributed by atoms with van der Waals surface area (Å²) >= 11 is 0. The molecule has 4 atom stereocenters. The molecular formula is C7H13NO4. The second-order valence-corrected chi connectivity index (χ2v) is 2.91. The average molecular weight is 175 g/mol. The van der Waals surface area contributed by atoms with Crippen molar-refractivity contribution in [2.24, 2.45) is 5.18 Å². The topological polar surface area (TPSA) is 79.1 Å². The van der Waals surface area contributed by atoms with Gasteiger partial charge in [0, 0.05) is 0 Å². The minimum absolute atomic E-state index is 0.102.